The molecule has 2 heterocycles. The average molecular weight is 210 g/mol. The summed E-state index contributed by atoms with van der Waals surface area (Å²) in [6.45, 7) is 4.04. The van der Waals surface area contributed by atoms with Crippen molar-refractivity contribution in [2.24, 2.45) is 5.92 Å². The molecule has 0 aliphatic carbocycles. The molecule has 2 saturated heterocycles. The Morgan fingerprint density at radius 1 is 1.00 bits per heavy atom. The predicted molar refractivity (Wildman–Crippen MR) is 60.6 cm³/mol. The quantitative estimate of drug-likeness (QED) is 0.709. The van der Waals surface area contributed by atoms with Gasteiger partial charge in [-0.15, -0.1) is 0 Å². The van der Waals surface area contributed by atoms with E-state index in [1.165, 1.54) is 25.7 Å². The van der Waals surface area contributed by atoms with Crippen molar-refractivity contribution in [1.82, 2.24) is 10.2 Å². The van der Waals surface area contributed by atoms with Gasteiger partial charge >= 0.3 is 0 Å². The molecule has 2 rings (SSSR count). The number of carbonyl (C=O) groups excluding carboxylic acids is 1. The summed E-state index contributed by atoms with van der Waals surface area (Å²) < 4.78 is 0. The van der Waals surface area contributed by atoms with Crippen LogP contribution in [0.5, 0.6) is 0 Å². The molecule has 1 amide bonds. The molecule has 2 aliphatic heterocycles. The molecule has 2 fully saturated rings. The highest BCUT2D eigenvalue weighted by molar-refractivity contribution is 5.79. The molecule has 0 aromatic heterocycles. The minimum Gasteiger partial charge on any atom is -0.342 e. The molecule has 0 radical (unpaired) electrons. The standard InChI is InChI=1S/C12H22N2O/c15-12(11-5-7-13-8-6-11)14-9-3-1-2-4-10-14/h11,13H,1-10H2. The van der Waals surface area contributed by atoms with Gasteiger partial charge in [-0.1, -0.05) is 12.8 Å². The van der Waals surface area contributed by atoms with Crippen molar-refractivity contribution in [1.29, 1.82) is 0 Å². The topological polar surface area (TPSA) is 32.3 Å². The van der Waals surface area contributed by atoms with Crippen molar-refractivity contribution >= 4 is 5.91 Å². The van der Waals surface area contributed by atoms with Crippen LogP contribution in [0.1, 0.15) is 38.5 Å². The fourth-order valence-corrected chi connectivity index (χ4v) is 2.62. The normalized spacial score (nSPS) is 24.9. The van der Waals surface area contributed by atoms with E-state index in [0.717, 1.165) is 39.0 Å². The number of piperidine rings is 1. The van der Waals surface area contributed by atoms with Crippen molar-refractivity contribution in [3.63, 3.8) is 0 Å². The van der Waals surface area contributed by atoms with Gasteiger partial charge in [0.1, 0.15) is 0 Å². The molecule has 1 N–H and O–H groups in total. The van der Waals surface area contributed by atoms with E-state index in [1.807, 2.05) is 0 Å². The summed E-state index contributed by atoms with van der Waals surface area (Å²) in [5.74, 6) is 0.739. The van der Waals surface area contributed by atoms with Gasteiger partial charge in [-0.3, -0.25) is 4.79 Å². The molecular formula is C12H22N2O. The van der Waals surface area contributed by atoms with Crippen molar-refractivity contribution in [3.8, 4) is 0 Å². The van der Waals surface area contributed by atoms with Gasteiger partial charge in [0.15, 0.2) is 0 Å². The molecule has 0 saturated carbocycles. The van der Waals surface area contributed by atoms with E-state index in [-0.39, 0.29) is 0 Å². The molecule has 0 unspecified atom stereocenters. The Hall–Kier alpha value is -0.570. The van der Waals surface area contributed by atoms with Gasteiger partial charge < -0.3 is 10.2 Å². The molecule has 2 aliphatic rings. The first-order chi connectivity index (χ1) is 7.38. The third-order valence-corrected chi connectivity index (χ3v) is 3.61. The number of likely N-dealkylation sites (tertiary alicyclic amines) is 1. The third kappa shape index (κ3) is 2.94. The minimum atomic E-state index is 0.310. The number of carbonyl (C=O) groups is 1. The lowest BCUT2D eigenvalue weighted by molar-refractivity contribution is -0.136. The van der Waals surface area contributed by atoms with Crippen molar-refractivity contribution in [2.45, 2.75) is 38.5 Å². The molecule has 0 aromatic rings. The molecule has 3 heteroatoms. The first-order valence-corrected chi connectivity index (χ1v) is 6.37. The molecule has 0 bridgehead atoms. The van der Waals surface area contributed by atoms with E-state index in [2.05, 4.69) is 10.2 Å². The van der Waals surface area contributed by atoms with Gasteiger partial charge in [-0.2, -0.15) is 0 Å². The number of amides is 1. The van der Waals surface area contributed by atoms with Gasteiger partial charge in [-0.05, 0) is 38.8 Å². The Kier molecular flexibility index (Phi) is 4.01. The Morgan fingerprint density at radius 2 is 1.60 bits per heavy atom. The fraction of sp³-hybridized carbons (Fsp3) is 0.917. The zero-order valence-corrected chi connectivity index (χ0v) is 9.50. The highest BCUT2D eigenvalue weighted by atomic mass is 16.2. The number of nitrogens with one attached hydrogen (secondary N) is 1. The van der Waals surface area contributed by atoms with E-state index in [9.17, 15) is 4.79 Å². The van der Waals surface area contributed by atoms with Crippen LogP contribution >= 0.6 is 0 Å². The summed E-state index contributed by atoms with van der Waals surface area (Å²) in [5.41, 5.74) is 0. The maximum atomic E-state index is 12.2. The van der Waals surface area contributed by atoms with E-state index in [0.29, 0.717) is 11.8 Å². The fourth-order valence-electron chi connectivity index (χ4n) is 2.62. The maximum absolute atomic E-state index is 12.2. The van der Waals surface area contributed by atoms with Crippen LogP contribution in [-0.2, 0) is 4.79 Å². The highest BCUT2D eigenvalue weighted by Gasteiger charge is 2.25. The summed E-state index contributed by atoms with van der Waals surface area (Å²) >= 11 is 0. The van der Waals surface area contributed by atoms with Gasteiger partial charge in [0.2, 0.25) is 5.91 Å². The number of hydrogen-bond acceptors (Lipinski definition) is 2. The van der Waals surface area contributed by atoms with Gasteiger partial charge in [0.25, 0.3) is 0 Å². The summed E-state index contributed by atoms with van der Waals surface area (Å²) in [6, 6.07) is 0. The lowest BCUT2D eigenvalue weighted by atomic mass is 9.96. The molecule has 3 nitrogen and oxygen atoms in total. The Morgan fingerprint density at radius 3 is 2.20 bits per heavy atom. The summed E-state index contributed by atoms with van der Waals surface area (Å²) in [4.78, 5) is 14.3. The highest BCUT2D eigenvalue weighted by Crippen LogP contribution is 2.18. The third-order valence-electron chi connectivity index (χ3n) is 3.61. The van der Waals surface area contributed by atoms with Gasteiger partial charge in [-0.25, -0.2) is 0 Å². The van der Waals surface area contributed by atoms with E-state index < -0.39 is 0 Å². The smallest absolute Gasteiger partial charge is 0.225 e. The van der Waals surface area contributed by atoms with E-state index >= 15 is 0 Å². The lowest BCUT2D eigenvalue weighted by Gasteiger charge is -2.28. The van der Waals surface area contributed by atoms with Crippen LogP contribution in [0, 0.1) is 5.92 Å². The number of rotatable bonds is 1. The summed E-state index contributed by atoms with van der Waals surface area (Å²) in [5, 5.41) is 3.31. The number of nitrogens with zero attached hydrogens (tertiary/aromatic N) is 1. The van der Waals surface area contributed by atoms with Crippen LogP contribution in [0.25, 0.3) is 0 Å². The van der Waals surface area contributed by atoms with Crippen LogP contribution in [-0.4, -0.2) is 37.0 Å². The molecule has 0 aromatic carbocycles. The summed E-state index contributed by atoms with van der Waals surface area (Å²) in [7, 11) is 0. The van der Waals surface area contributed by atoms with E-state index in [4.69, 9.17) is 0 Å². The van der Waals surface area contributed by atoms with Gasteiger partial charge in [0, 0.05) is 19.0 Å². The second-order valence-electron chi connectivity index (χ2n) is 4.76. The van der Waals surface area contributed by atoms with Crippen LogP contribution in [0.15, 0.2) is 0 Å². The van der Waals surface area contributed by atoms with Crippen molar-refractivity contribution < 1.29 is 4.79 Å². The Labute approximate surface area is 92.2 Å². The average Bonchev–Trinajstić information content (AvgIpc) is 2.58. The monoisotopic (exact) mass is 210 g/mol. The van der Waals surface area contributed by atoms with Gasteiger partial charge in [0.05, 0.1) is 0 Å². The van der Waals surface area contributed by atoms with E-state index in [1.54, 1.807) is 0 Å². The molecular weight excluding hydrogens is 188 g/mol. The molecule has 0 spiro atoms. The SMILES string of the molecule is O=C(C1CCNCC1)N1CCCCCC1. The Bertz CT molecular complexity index is 204. The maximum Gasteiger partial charge on any atom is 0.225 e. The van der Waals surface area contributed by atoms with Crippen LogP contribution < -0.4 is 5.32 Å². The first-order valence-electron chi connectivity index (χ1n) is 6.37. The first kappa shape index (κ1) is 10.9. The van der Waals surface area contributed by atoms with Crippen LogP contribution in [0.2, 0.25) is 0 Å². The Balaban J connectivity index is 1.87. The second kappa shape index (κ2) is 5.50. The predicted octanol–water partition coefficient (Wildman–Crippen LogP) is 1.39. The molecule has 15 heavy (non-hydrogen) atoms. The molecule has 0 atom stereocenters. The van der Waals surface area contributed by atoms with Crippen molar-refractivity contribution in [3.05, 3.63) is 0 Å². The molecule has 86 valence electrons. The lowest BCUT2D eigenvalue weighted by Crippen LogP contribution is -2.41. The van der Waals surface area contributed by atoms with Crippen LogP contribution in [0.3, 0.4) is 0 Å². The zero-order valence-electron chi connectivity index (χ0n) is 9.50. The van der Waals surface area contributed by atoms with Crippen molar-refractivity contribution in [2.75, 3.05) is 26.2 Å². The number of hydrogen-bond donors (Lipinski definition) is 1. The second-order valence-corrected chi connectivity index (χ2v) is 4.76. The van der Waals surface area contributed by atoms with Crippen LogP contribution in [0.4, 0.5) is 0 Å². The zero-order chi connectivity index (χ0) is 10.5. The minimum absolute atomic E-state index is 0.310. The summed E-state index contributed by atoms with van der Waals surface area (Å²) in [6.07, 6.45) is 7.09. The largest absolute Gasteiger partial charge is 0.342 e.